The van der Waals surface area contributed by atoms with Gasteiger partial charge in [-0.3, -0.25) is 4.79 Å². The third-order valence-corrected chi connectivity index (χ3v) is 4.50. The smallest absolute Gasteiger partial charge is 0.243 e. The first-order valence-electron chi connectivity index (χ1n) is 9.61. The van der Waals surface area contributed by atoms with Gasteiger partial charge in [0.05, 0.1) is 5.69 Å². The molecule has 1 fully saturated rings. The summed E-state index contributed by atoms with van der Waals surface area (Å²) in [5.74, 6) is 0.862. The summed E-state index contributed by atoms with van der Waals surface area (Å²) in [6.45, 7) is 6.65. The SMILES string of the molecule is CC(C)CNC(=NCC(=O)N(C)C)NC1CCCN(c2ccccc2F)C1. The summed E-state index contributed by atoms with van der Waals surface area (Å²) in [5.41, 5.74) is 0.639. The number of amides is 1. The molecule has 1 aromatic rings. The van der Waals surface area contributed by atoms with Crippen LogP contribution in [0.4, 0.5) is 10.1 Å². The maximum Gasteiger partial charge on any atom is 0.243 e. The quantitative estimate of drug-likeness (QED) is 0.589. The van der Waals surface area contributed by atoms with Crippen LogP contribution in [-0.2, 0) is 4.79 Å². The molecule has 1 aliphatic heterocycles. The van der Waals surface area contributed by atoms with Crippen molar-refractivity contribution in [3.8, 4) is 0 Å². The predicted molar refractivity (Wildman–Crippen MR) is 109 cm³/mol. The van der Waals surface area contributed by atoms with Crippen molar-refractivity contribution in [1.29, 1.82) is 0 Å². The number of nitrogens with zero attached hydrogens (tertiary/aromatic N) is 3. The number of carbonyl (C=O) groups is 1. The van der Waals surface area contributed by atoms with E-state index in [-0.39, 0.29) is 24.3 Å². The monoisotopic (exact) mass is 377 g/mol. The van der Waals surface area contributed by atoms with Crippen LogP contribution in [0.3, 0.4) is 0 Å². The summed E-state index contributed by atoms with van der Waals surface area (Å²) >= 11 is 0. The van der Waals surface area contributed by atoms with Crippen LogP contribution >= 0.6 is 0 Å². The number of guanidine groups is 1. The lowest BCUT2D eigenvalue weighted by Gasteiger charge is -2.35. The van der Waals surface area contributed by atoms with E-state index in [9.17, 15) is 9.18 Å². The van der Waals surface area contributed by atoms with E-state index in [1.807, 2.05) is 12.1 Å². The predicted octanol–water partition coefficient (Wildman–Crippen LogP) is 2.07. The fourth-order valence-electron chi connectivity index (χ4n) is 2.96. The Morgan fingerprint density at radius 1 is 1.37 bits per heavy atom. The Bertz CT molecular complexity index is 647. The number of anilines is 1. The van der Waals surface area contributed by atoms with Crippen LogP contribution in [0.1, 0.15) is 26.7 Å². The second kappa shape index (κ2) is 10.1. The molecule has 150 valence electrons. The standard InChI is InChI=1S/C20H32FN5O/c1-15(2)12-22-20(23-13-19(27)25(3)4)24-16-8-7-11-26(14-16)18-10-6-5-9-17(18)21/h5-6,9-10,15-16H,7-8,11-14H2,1-4H3,(H2,22,23,24). The van der Waals surface area contributed by atoms with E-state index < -0.39 is 0 Å². The molecule has 1 heterocycles. The Morgan fingerprint density at radius 2 is 2.11 bits per heavy atom. The Morgan fingerprint density at radius 3 is 2.78 bits per heavy atom. The van der Waals surface area contributed by atoms with Gasteiger partial charge in [-0.25, -0.2) is 9.38 Å². The number of carbonyl (C=O) groups excluding carboxylic acids is 1. The van der Waals surface area contributed by atoms with Gasteiger partial charge in [-0.05, 0) is 30.9 Å². The van der Waals surface area contributed by atoms with E-state index in [2.05, 4.69) is 34.4 Å². The first-order valence-corrected chi connectivity index (χ1v) is 9.61. The Balaban J connectivity index is 2.03. The van der Waals surface area contributed by atoms with Gasteiger partial charge in [-0.2, -0.15) is 0 Å². The van der Waals surface area contributed by atoms with Crippen LogP contribution in [0.2, 0.25) is 0 Å². The zero-order valence-corrected chi connectivity index (χ0v) is 16.8. The van der Waals surface area contributed by atoms with E-state index in [4.69, 9.17) is 0 Å². The van der Waals surface area contributed by atoms with E-state index in [0.29, 0.717) is 24.1 Å². The number of halogens is 1. The number of likely N-dealkylation sites (N-methyl/N-ethyl adjacent to an activating group) is 1. The lowest BCUT2D eigenvalue weighted by Crippen LogP contribution is -2.52. The Hall–Kier alpha value is -2.31. The van der Waals surface area contributed by atoms with Crippen LogP contribution in [0.25, 0.3) is 0 Å². The average Bonchev–Trinajstić information content (AvgIpc) is 2.64. The number of benzene rings is 1. The van der Waals surface area contributed by atoms with Gasteiger partial charge < -0.3 is 20.4 Å². The molecule has 0 saturated carbocycles. The molecule has 1 unspecified atom stereocenters. The number of hydrogen-bond donors (Lipinski definition) is 2. The molecular formula is C20H32FN5O. The lowest BCUT2D eigenvalue weighted by atomic mass is 10.0. The summed E-state index contributed by atoms with van der Waals surface area (Å²) in [7, 11) is 3.44. The average molecular weight is 378 g/mol. The molecule has 1 aromatic carbocycles. The molecule has 6 nitrogen and oxygen atoms in total. The molecule has 2 N–H and O–H groups in total. The molecule has 0 aromatic heterocycles. The number of hydrogen-bond acceptors (Lipinski definition) is 3. The minimum Gasteiger partial charge on any atom is -0.367 e. The van der Waals surface area contributed by atoms with Crippen LogP contribution in [0, 0.1) is 11.7 Å². The van der Waals surface area contributed by atoms with Gasteiger partial charge in [0.1, 0.15) is 12.4 Å². The number of aliphatic imine (C=N–C) groups is 1. The zero-order chi connectivity index (χ0) is 19.8. The van der Waals surface area contributed by atoms with E-state index in [0.717, 1.165) is 25.9 Å². The minimum atomic E-state index is -0.193. The van der Waals surface area contributed by atoms with E-state index in [1.165, 1.54) is 11.0 Å². The molecule has 1 atom stereocenters. The molecule has 1 saturated heterocycles. The van der Waals surface area contributed by atoms with E-state index >= 15 is 0 Å². The number of rotatable bonds is 6. The topological polar surface area (TPSA) is 60.0 Å². The number of piperidine rings is 1. The normalized spacial score (nSPS) is 17.8. The van der Waals surface area contributed by atoms with Crippen molar-refractivity contribution in [3.63, 3.8) is 0 Å². The molecular weight excluding hydrogens is 345 g/mol. The van der Waals surface area contributed by atoms with Crippen molar-refractivity contribution in [2.75, 3.05) is 45.2 Å². The van der Waals surface area contributed by atoms with Gasteiger partial charge in [0.2, 0.25) is 5.91 Å². The van der Waals surface area contributed by atoms with Crippen LogP contribution in [0.5, 0.6) is 0 Å². The lowest BCUT2D eigenvalue weighted by molar-refractivity contribution is -0.127. The maximum absolute atomic E-state index is 14.1. The van der Waals surface area contributed by atoms with Gasteiger partial charge in [0.15, 0.2) is 5.96 Å². The second-order valence-electron chi connectivity index (χ2n) is 7.61. The molecule has 27 heavy (non-hydrogen) atoms. The summed E-state index contributed by atoms with van der Waals surface area (Å²) in [5, 5.41) is 6.73. The van der Waals surface area contributed by atoms with Crippen LogP contribution in [0.15, 0.2) is 29.3 Å². The molecule has 1 aliphatic rings. The molecule has 0 radical (unpaired) electrons. The van der Waals surface area contributed by atoms with Gasteiger partial charge in [0.25, 0.3) is 0 Å². The van der Waals surface area contributed by atoms with Crippen molar-refractivity contribution in [1.82, 2.24) is 15.5 Å². The highest BCUT2D eigenvalue weighted by Crippen LogP contribution is 2.22. The Labute approximate surface area is 161 Å². The summed E-state index contributed by atoms with van der Waals surface area (Å²) < 4.78 is 14.1. The van der Waals surface area contributed by atoms with Crippen LogP contribution < -0.4 is 15.5 Å². The summed E-state index contributed by atoms with van der Waals surface area (Å²) in [6, 6.07) is 7.03. The van der Waals surface area contributed by atoms with E-state index in [1.54, 1.807) is 20.2 Å². The summed E-state index contributed by atoms with van der Waals surface area (Å²) in [6.07, 6.45) is 1.95. The van der Waals surface area contributed by atoms with Crippen molar-refractivity contribution >= 4 is 17.6 Å². The van der Waals surface area contributed by atoms with Crippen molar-refractivity contribution in [2.24, 2.45) is 10.9 Å². The molecule has 1 amide bonds. The molecule has 2 rings (SSSR count). The molecule has 0 bridgehead atoms. The van der Waals surface area contributed by atoms with Gasteiger partial charge in [0, 0.05) is 39.8 Å². The van der Waals surface area contributed by atoms with Crippen molar-refractivity contribution in [3.05, 3.63) is 30.1 Å². The third kappa shape index (κ3) is 6.73. The molecule has 0 spiro atoms. The number of para-hydroxylation sites is 1. The fourth-order valence-corrected chi connectivity index (χ4v) is 2.96. The molecule has 7 heteroatoms. The summed E-state index contributed by atoms with van der Waals surface area (Å²) in [4.78, 5) is 19.9. The highest BCUT2D eigenvalue weighted by Gasteiger charge is 2.22. The largest absolute Gasteiger partial charge is 0.367 e. The van der Waals surface area contributed by atoms with Crippen molar-refractivity contribution in [2.45, 2.75) is 32.7 Å². The minimum absolute atomic E-state index is 0.0442. The third-order valence-electron chi connectivity index (χ3n) is 4.50. The first kappa shape index (κ1) is 21.0. The molecule has 0 aliphatic carbocycles. The van der Waals surface area contributed by atoms with Crippen molar-refractivity contribution < 1.29 is 9.18 Å². The second-order valence-corrected chi connectivity index (χ2v) is 7.61. The van der Waals surface area contributed by atoms with Crippen LogP contribution in [-0.4, -0.2) is 63.1 Å². The number of nitrogens with one attached hydrogen (secondary N) is 2. The first-order chi connectivity index (χ1) is 12.9. The van der Waals surface area contributed by atoms with Gasteiger partial charge >= 0.3 is 0 Å². The fraction of sp³-hybridized carbons (Fsp3) is 0.600. The zero-order valence-electron chi connectivity index (χ0n) is 16.8. The van der Waals surface area contributed by atoms with Gasteiger partial charge in [-0.15, -0.1) is 0 Å². The Kier molecular flexibility index (Phi) is 7.88. The van der Waals surface area contributed by atoms with Gasteiger partial charge in [-0.1, -0.05) is 26.0 Å². The highest BCUT2D eigenvalue weighted by molar-refractivity contribution is 5.85. The maximum atomic E-state index is 14.1. The highest BCUT2D eigenvalue weighted by atomic mass is 19.1.